The van der Waals surface area contributed by atoms with Crippen LogP contribution in [-0.2, 0) is 32.0 Å². The average molecular weight is 610 g/mol. The van der Waals surface area contributed by atoms with Crippen LogP contribution in [0.2, 0.25) is 0 Å². The number of rotatable bonds is 5. The lowest BCUT2D eigenvalue weighted by Gasteiger charge is -2.48. The molecule has 4 aliphatic heterocycles. The summed E-state index contributed by atoms with van der Waals surface area (Å²) >= 11 is 0. The van der Waals surface area contributed by atoms with E-state index in [-0.39, 0.29) is 24.3 Å². The molecular weight excluding hydrogens is 570 g/mol. The first-order valence-corrected chi connectivity index (χ1v) is 16.1. The number of piperazine rings is 1. The second kappa shape index (κ2) is 10.0. The maximum Gasteiger partial charge on any atom is 0.281 e. The van der Waals surface area contributed by atoms with E-state index in [0.29, 0.717) is 25.9 Å². The van der Waals surface area contributed by atoms with Gasteiger partial charge in [-0.15, -0.1) is 0 Å². The highest BCUT2D eigenvalue weighted by atomic mass is 16.7. The molecule has 8 rings (SSSR count). The quantitative estimate of drug-likeness (QED) is 0.410. The van der Waals surface area contributed by atoms with Crippen LogP contribution in [0.4, 0.5) is 0 Å². The first-order valence-electron chi connectivity index (χ1n) is 16.1. The van der Waals surface area contributed by atoms with Crippen LogP contribution in [0.25, 0.3) is 16.5 Å². The number of carbonyl (C=O) groups is 3. The molecule has 0 bridgehead atoms. The van der Waals surface area contributed by atoms with E-state index in [0.717, 1.165) is 28.6 Å². The summed E-state index contributed by atoms with van der Waals surface area (Å²) in [7, 11) is 2.03. The van der Waals surface area contributed by atoms with Gasteiger partial charge in [0.15, 0.2) is 0 Å². The molecule has 6 atom stereocenters. The molecule has 5 heterocycles. The molecule has 10 nitrogen and oxygen atoms in total. The van der Waals surface area contributed by atoms with Crippen LogP contribution in [0.1, 0.15) is 43.4 Å². The SMILES string of the molecule is CC(C)[C@@]1(NC(=O)[C@@H]2C=C3c4cccc5[nH]cc(c45)C[C@@H]3N(C)C2)O[C@@]2(O)[C@@H]3CCCN3C(=O)[C@H](Cc3ccccc3)N2C1=O. The van der Waals surface area contributed by atoms with E-state index in [1.807, 2.05) is 49.5 Å². The number of nitrogens with zero attached hydrogens (tertiary/aromatic N) is 3. The normalized spacial score (nSPS) is 32.5. The third-order valence-electron chi connectivity index (χ3n) is 10.8. The number of benzene rings is 2. The molecule has 10 heteroatoms. The van der Waals surface area contributed by atoms with Gasteiger partial charge in [-0.3, -0.25) is 28.9 Å². The Hall–Kier alpha value is -3.99. The third-order valence-corrected chi connectivity index (χ3v) is 10.8. The van der Waals surface area contributed by atoms with Gasteiger partial charge in [-0.1, -0.05) is 62.4 Å². The molecule has 0 spiro atoms. The standard InChI is InChI=1S/C35H39N5O5/c1-20(2)34(37-31(41)23-16-25-24-11-7-12-26-30(24)22(18-36-26)17-27(25)38(3)19-23)33(43)40-28(15-21-9-5-4-6-10-21)32(42)39-14-8-13-29(39)35(40,44)45-34/h4-7,9-12,16,18,20,23,27-29,36,44H,8,13-15,17,19H2,1-3H3,(H,37,41)/t23-,27+,28+,29+,34-,35+/m1/s1. The van der Waals surface area contributed by atoms with E-state index in [4.69, 9.17) is 4.74 Å². The molecule has 2 aromatic carbocycles. The Morgan fingerprint density at radius 1 is 1.16 bits per heavy atom. The Labute approximate surface area is 262 Å². The number of aliphatic hydroxyl groups is 1. The minimum atomic E-state index is -2.06. The van der Waals surface area contributed by atoms with Crippen molar-refractivity contribution in [3.63, 3.8) is 0 Å². The Kier molecular flexibility index (Phi) is 6.33. The second-order valence-electron chi connectivity index (χ2n) is 13.6. The van der Waals surface area contributed by atoms with Gasteiger partial charge in [0.2, 0.25) is 17.5 Å². The van der Waals surface area contributed by atoms with E-state index in [9.17, 15) is 19.5 Å². The predicted octanol–water partition coefficient (Wildman–Crippen LogP) is 2.63. The molecular formula is C35H39N5O5. The Bertz CT molecular complexity index is 1750. The molecule has 0 saturated carbocycles. The third kappa shape index (κ3) is 4.01. The van der Waals surface area contributed by atoms with E-state index in [1.165, 1.54) is 15.8 Å². The zero-order valence-corrected chi connectivity index (χ0v) is 25.8. The van der Waals surface area contributed by atoms with Crippen LogP contribution in [-0.4, -0.2) is 92.4 Å². The molecule has 3 aromatic rings. The number of aromatic amines is 1. The van der Waals surface area contributed by atoms with E-state index in [1.54, 1.807) is 18.7 Å². The predicted molar refractivity (Wildman–Crippen MR) is 167 cm³/mol. The Morgan fingerprint density at radius 2 is 1.96 bits per heavy atom. The number of hydrogen-bond donors (Lipinski definition) is 3. The molecule has 3 fully saturated rings. The first kappa shape index (κ1) is 28.5. The minimum Gasteiger partial charge on any atom is -0.361 e. The Balaban J connectivity index is 1.15. The molecule has 3 saturated heterocycles. The van der Waals surface area contributed by atoms with Crippen LogP contribution < -0.4 is 5.32 Å². The summed E-state index contributed by atoms with van der Waals surface area (Å²) in [6, 6.07) is 14.2. The summed E-state index contributed by atoms with van der Waals surface area (Å²) in [6.45, 7) is 4.56. The van der Waals surface area contributed by atoms with Gasteiger partial charge in [0.1, 0.15) is 12.1 Å². The van der Waals surface area contributed by atoms with E-state index < -0.39 is 41.5 Å². The summed E-state index contributed by atoms with van der Waals surface area (Å²) in [6.07, 6.45) is 6.40. The molecule has 234 valence electrons. The lowest BCUT2D eigenvalue weighted by Crippen LogP contribution is -2.71. The monoisotopic (exact) mass is 609 g/mol. The number of fused-ring (bicyclic) bond motifs is 5. The smallest absolute Gasteiger partial charge is 0.281 e. The van der Waals surface area contributed by atoms with Crippen molar-refractivity contribution in [3.05, 3.63) is 77.5 Å². The van der Waals surface area contributed by atoms with Gasteiger partial charge in [-0.05, 0) is 54.6 Å². The lowest BCUT2D eigenvalue weighted by atomic mass is 9.79. The van der Waals surface area contributed by atoms with Gasteiger partial charge >= 0.3 is 0 Å². The maximum absolute atomic E-state index is 14.6. The Morgan fingerprint density at radius 3 is 2.73 bits per heavy atom. The highest BCUT2D eigenvalue weighted by Gasteiger charge is 2.72. The second-order valence-corrected chi connectivity index (χ2v) is 13.6. The molecule has 0 unspecified atom stereocenters. The van der Waals surface area contributed by atoms with E-state index in [2.05, 4.69) is 33.5 Å². The average Bonchev–Trinajstić information content (AvgIpc) is 3.74. The van der Waals surface area contributed by atoms with Crippen molar-refractivity contribution in [1.82, 2.24) is 25.0 Å². The number of aromatic nitrogens is 1. The summed E-state index contributed by atoms with van der Waals surface area (Å²) < 4.78 is 6.49. The zero-order chi connectivity index (χ0) is 31.2. The van der Waals surface area contributed by atoms with Crippen LogP contribution in [0.15, 0.2) is 60.8 Å². The molecule has 1 aliphatic carbocycles. The van der Waals surface area contributed by atoms with Gasteiger partial charge in [-0.2, -0.15) is 0 Å². The molecule has 3 amide bonds. The van der Waals surface area contributed by atoms with Gasteiger partial charge in [0, 0.05) is 48.6 Å². The molecule has 1 aromatic heterocycles. The van der Waals surface area contributed by atoms with Gasteiger partial charge in [-0.25, -0.2) is 0 Å². The lowest BCUT2D eigenvalue weighted by molar-refractivity contribution is -0.321. The number of nitrogens with one attached hydrogen (secondary N) is 2. The van der Waals surface area contributed by atoms with Crippen LogP contribution in [0.5, 0.6) is 0 Å². The maximum atomic E-state index is 14.6. The number of likely N-dealkylation sites (N-methyl/N-ethyl adjacent to an activating group) is 1. The number of ether oxygens (including phenoxy) is 1. The van der Waals surface area contributed by atoms with Crippen molar-refractivity contribution in [2.75, 3.05) is 20.1 Å². The van der Waals surface area contributed by atoms with E-state index >= 15 is 0 Å². The topological polar surface area (TPSA) is 118 Å². The molecule has 45 heavy (non-hydrogen) atoms. The van der Waals surface area contributed by atoms with Crippen molar-refractivity contribution in [2.24, 2.45) is 11.8 Å². The van der Waals surface area contributed by atoms with Crippen LogP contribution in [0, 0.1) is 11.8 Å². The van der Waals surface area contributed by atoms with Crippen LogP contribution >= 0.6 is 0 Å². The van der Waals surface area contributed by atoms with Crippen molar-refractivity contribution in [2.45, 2.75) is 69.3 Å². The van der Waals surface area contributed by atoms with Crippen LogP contribution in [0.3, 0.4) is 0 Å². The minimum absolute atomic E-state index is 0.138. The summed E-state index contributed by atoms with van der Waals surface area (Å²) in [5.41, 5.74) is 3.59. The molecule has 5 aliphatic rings. The van der Waals surface area contributed by atoms with Gasteiger partial charge < -0.3 is 20.3 Å². The largest absolute Gasteiger partial charge is 0.361 e. The zero-order valence-electron chi connectivity index (χ0n) is 25.8. The summed E-state index contributed by atoms with van der Waals surface area (Å²) in [4.78, 5) is 51.2. The number of amides is 3. The van der Waals surface area contributed by atoms with Crippen molar-refractivity contribution >= 4 is 34.2 Å². The number of carbonyl (C=O) groups excluding carboxylic acids is 3. The fourth-order valence-electron chi connectivity index (χ4n) is 8.47. The summed E-state index contributed by atoms with van der Waals surface area (Å²) in [5, 5.41) is 16.5. The fraction of sp³-hybridized carbons (Fsp3) is 0.457. The number of hydrogen-bond acceptors (Lipinski definition) is 6. The molecule has 0 radical (unpaired) electrons. The fourth-order valence-corrected chi connectivity index (χ4v) is 8.47. The highest BCUT2D eigenvalue weighted by molar-refractivity contribution is 6.01. The van der Waals surface area contributed by atoms with Crippen molar-refractivity contribution < 1.29 is 24.2 Å². The molecule has 3 N–H and O–H groups in total. The summed E-state index contributed by atoms with van der Waals surface area (Å²) in [5.74, 6) is -4.27. The van der Waals surface area contributed by atoms with Crippen molar-refractivity contribution in [1.29, 1.82) is 0 Å². The number of H-pyrrole nitrogens is 1. The van der Waals surface area contributed by atoms with Gasteiger partial charge in [0.25, 0.3) is 11.8 Å². The highest BCUT2D eigenvalue weighted by Crippen LogP contribution is 2.48. The van der Waals surface area contributed by atoms with Gasteiger partial charge in [0.05, 0.1) is 5.92 Å². The first-order chi connectivity index (χ1) is 21.6. The van der Waals surface area contributed by atoms with Crippen molar-refractivity contribution in [3.8, 4) is 0 Å².